The number of Topliss-reactive ketones (excluding diaryl/α,β-unsaturated/α-hetero) is 2. The molecule has 8 nitrogen and oxygen atoms in total. The molecule has 62 heavy (non-hydrogen) atoms. The molecule has 0 radical (unpaired) electrons. The minimum atomic E-state index is -0.665. The van der Waals surface area contributed by atoms with Gasteiger partial charge in [-0.05, 0) is 170 Å². The van der Waals surface area contributed by atoms with Crippen molar-refractivity contribution in [1.29, 1.82) is 0 Å². The van der Waals surface area contributed by atoms with E-state index in [0.29, 0.717) is 78.1 Å². The third-order valence-corrected chi connectivity index (χ3v) is 19.5. The number of carbonyl (C=O) groups is 5. The van der Waals surface area contributed by atoms with Crippen LogP contribution in [0.1, 0.15) is 173 Å². The van der Waals surface area contributed by atoms with Crippen molar-refractivity contribution in [2.24, 2.45) is 98.6 Å². The van der Waals surface area contributed by atoms with Gasteiger partial charge in [0, 0.05) is 31.6 Å². The first-order valence-electron chi connectivity index (χ1n) is 23.1. The first-order valence-corrected chi connectivity index (χ1v) is 36.1. The second-order valence-corrected chi connectivity index (χ2v) is 38.7. The van der Waals surface area contributed by atoms with Crippen molar-refractivity contribution >= 4 is 77.6 Å². The maximum absolute atomic E-state index is 13.3. The average molecular weight is 1230 g/mol. The number of ether oxygens (including phenoxy) is 1. The van der Waals surface area contributed by atoms with Crippen molar-refractivity contribution in [2.45, 2.75) is 179 Å². The van der Waals surface area contributed by atoms with Gasteiger partial charge in [-0.15, -0.1) is 0 Å². The Hall–Kier alpha value is 0.390. The summed E-state index contributed by atoms with van der Waals surface area (Å²) in [7, 11) is 1.48. The van der Waals surface area contributed by atoms with Gasteiger partial charge in [0.15, 0.2) is 0 Å². The molecule has 18 atom stereocenters. The Balaban J connectivity index is 0.000000280. The molecular weight excluding hydrogens is 1140 g/mol. The Morgan fingerprint density at radius 1 is 0.694 bits per heavy atom. The molecular formula is C50H83ClI3O8-. The molecule has 0 aromatic rings. The van der Waals surface area contributed by atoms with E-state index in [1.807, 2.05) is 13.8 Å². The van der Waals surface area contributed by atoms with Gasteiger partial charge in [0.05, 0.1) is 25.0 Å². The number of methoxy groups -OCH3 is 1. The molecule has 12 heteroatoms. The monoisotopic (exact) mass is 1230 g/mol. The summed E-state index contributed by atoms with van der Waals surface area (Å²) < 4.78 is 5.04. The van der Waals surface area contributed by atoms with Gasteiger partial charge in [-0.3, -0.25) is 24.0 Å². The molecule has 0 heterocycles. The predicted molar refractivity (Wildman–Crippen MR) is 262 cm³/mol. The molecule has 8 rings (SSSR count). The second kappa shape index (κ2) is 22.7. The zero-order valence-corrected chi connectivity index (χ0v) is 45.0. The van der Waals surface area contributed by atoms with Gasteiger partial charge in [0.25, 0.3) is 0 Å². The first kappa shape index (κ1) is 56.7. The Morgan fingerprint density at radius 2 is 1.06 bits per heavy atom. The topological polar surface area (TPSA) is 135 Å². The van der Waals surface area contributed by atoms with Crippen LogP contribution in [0.3, 0.4) is 0 Å². The Morgan fingerprint density at radius 3 is 1.48 bits per heavy atom. The zero-order chi connectivity index (χ0) is 44.7. The van der Waals surface area contributed by atoms with Crippen LogP contribution in [0.15, 0.2) is 0 Å². The zero-order valence-electron chi connectivity index (χ0n) is 37.8. The van der Waals surface area contributed by atoms with E-state index in [1.54, 1.807) is 0 Å². The fraction of sp³-hybridized carbons (Fsp3) is 0.900. The Bertz CT molecular complexity index is 1590. The van der Waals surface area contributed by atoms with Crippen LogP contribution in [-0.2, 0) is 28.7 Å². The maximum atomic E-state index is 13.3. The van der Waals surface area contributed by atoms with E-state index in [9.17, 15) is 34.2 Å². The fourth-order valence-corrected chi connectivity index (χ4v) is 16.3. The normalized spacial score (nSPS) is 44.5. The number of fused-ring (bicyclic) bond motifs is 10. The molecule has 0 saturated heterocycles. The van der Waals surface area contributed by atoms with Crippen LogP contribution in [0.4, 0.5) is 0 Å². The number of carboxylic acid groups (broad SMARTS) is 1. The van der Waals surface area contributed by atoms with Gasteiger partial charge in [-0.2, -0.15) is 0 Å². The number of carboxylic acids is 1. The molecule has 0 aromatic heterocycles. The van der Waals surface area contributed by atoms with Gasteiger partial charge < -0.3 is 14.9 Å². The average Bonchev–Trinajstić information content (AvgIpc) is 3.72. The van der Waals surface area contributed by atoms with Gasteiger partial charge in [-0.1, -0.05) is 69.7 Å². The molecule has 8 aliphatic carbocycles. The van der Waals surface area contributed by atoms with Gasteiger partial charge in [0.2, 0.25) is 5.24 Å². The molecule has 8 saturated carbocycles. The number of rotatable bonds is 4. The Labute approximate surface area is 410 Å². The third kappa shape index (κ3) is 10.8. The van der Waals surface area contributed by atoms with Crippen molar-refractivity contribution in [3.8, 4) is 0 Å². The van der Waals surface area contributed by atoms with E-state index in [1.165, 1.54) is 33.3 Å². The van der Waals surface area contributed by atoms with Crippen LogP contribution in [0.25, 0.3) is 0 Å². The molecule has 0 bridgehead atoms. The first-order chi connectivity index (χ1) is 28.0. The fourth-order valence-electron chi connectivity index (χ4n) is 16.3. The molecule has 0 aliphatic heterocycles. The summed E-state index contributed by atoms with van der Waals surface area (Å²) in [5.41, 5.74) is 0.649. The van der Waals surface area contributed by atoms with Crippen LogP contribution >= 0.6 is 48.8 Å². The van der Waals surface area contributed by atoms with E-state index < -0.39 is 5.97 Å². The van der Waals surface area contributed by atoms with Crippen LogP contribution in [0, 0.1) is 98.6 Å². The van der Waals surface area contributed by atoms with E-state index in [2.05, 4.69) is 83.5 Å². The van der Waals surface area contributed by atoms with Gasteiger partial charge in [-0.25, -0.2) is 0 Å². The number of hydrogen-bond donors (Lipinski definition) is 2. The summed E-state index contributed by atoms with van der Waals surface area (Å²) in [6.07, 6.45) is 16.4. The molecule has 0 amide bonds. The second-order valence-electron chi connectivity index (χ2n) is 22.0. The van der Waals surface area contributed by atoms with Crippen molar-refractivity contribution in [3.05, 3.63) is 0 Å². The van der Waals surface area contributed by atoms with Crippen LogP contribution < -0.4 is 13.3 Å². The van der Waals surface area contributed by atoms with Crippen LogP contribution in [0.5, 0.6) is 0 Å². The van der Waals surface area contributed by atoms with Crippen LogP contribution in [0.2, 0.25) is 0 Å². The number of aliphatic carboxylic acids is 1. The quantitative estimate of drug-likeness (QED) is 0.162. The van der Waals surface area contributed by atoms with E-state index >= 15 is 0 Å². The summed E-state index contributed by atoms with van der Waals surface area (Å²) in [5, 5.41) is 19.4. The molecule has 0 aromatic carbocycles. The summed E-state index contributed by atoms with van der Waals surface area (Å²) in [5.74, 6) is 4.25. The summed E-state index contributed by atoms with van der Waals surface area (Å²) in [6, 6.07) is 0. The number of carbonyl (C=O) groups excluding carboxylic acids is 4. The number of aliphatic hydroxyl groups excluding tert-OH is 1. The van der Waals surface area contributed by atoms with Crippen molar-refractivity contribution in [3.63, 3.8) is 0 Å². The third-order valence-electron chi connectivity index (χ3n) is 19.5. The standard InChI is InChI=1S/C23H36O4.C23H36O3.C2H3ClO.2CH4.I3/c1-13(21(26)27-4)16-5-6-17-20-18(8-10-23(16,17)3)22(2)9-7-15(24)11-14(22)12-19(20)25;1-13-7-9-22(3)15(11-13)12-19(24)20-17-6-5-16(14(2)21(25)26)23(17,4)10-8-18(20)22;1-2(3)4;;;1-3-2/h13-18,20,24H,5-12H2,1-4H3;13-18,20H,5-12H2,1-4H3,(H,25,26);1H3;2*1H4;/q;;;;;-1/t13-,14-,15+,16+,17-,18-,20-,22-,23+;13-,14+,15+,16-,17+,18+,20+,22+,23-;;;;/m01..../s1. The van der Waals surface area contributed by atoms with Gasteiger partial charge in [0.1, 0.15) is 11.6 Å². The number of hydrogen-bond acceptors (Lipinski definition) is 7. The van der Waals surface area contributed by atoms with Crippen molar-refractivity contribution < 1.29 is 52.2 Å². The SMILES string of the molecule is C.C.CC(=O)Cl.COC(=O)[C@@H](C)[C@H]1CC[C@H]2[C@@H]3C(=O)C[C@@H]4C[C@H](O)CC[C@]4(C)[C@H]3CC[C@]12C.C[C@@H]1CC[C@@]2(C)[C@H](CC(=O)[C@@H]3[C@@H]2CC[C@]2(C)[C@@H]([C@H](C)C(=O)O)CC[C@@H]32)C1.I[I-]I. The van der Waals surface area contributed by atoms with Crippen molar-refractivity contribution in [2.75, 3.05) is 7.11 Å². The molecule has 0 unspecified atom stereocenters. The minimum absolute atomic E-state index is 0. The summed E-state index contributed by atoms with van der Waals surface area (Å²) >= 11 is 9.94. The van der Waals surface area contributed by atoms with Crippen molar-refractivity contribution in [1.82, 2.24) is 0 Å². The number of aliphatic hydroxyl groups is 1. The number of ketones is 2. The van der Waals surface area contributed by atoms with E-state index in [4.69, 9.17) is 4.74 Å². The predicted octanol–water partition coefficient (Wildman–Crippen LogP) is 9.99. The molecule has 8 aliphatic rings. The summed E-state index contributed by atoms with van der Waals surface area (Å²) in [4.78, 5) is 59.7. The molecule has 360 valence electrons. The van der Waals surface area contributed by atoms with Gasteiger partial charge >= 0.3 is 62.4 Å². The van der Waals surface area contributed by atoms with Crippen LogP contribution in [-0.4, -0.2) is 52.2 Å². The number of halogens is 4. The number of esters is 1. The van der Waals surface area contributed by atoms with E-state index in [0.717, 1.165) is 83.0 Å². The summed E-state index contributed by atoms with van der Waals surface area (Å²) in [6.45, 7) is 17.1. The molecule has 0 spiro atoms. The molecule has 2 N–H and O–H groups in total. The Kier molecular flexibility index (Phi) is 20.7. The van der Waals surface area contributed by atoms with E-state index in [-0.39, 0.29) is 78.0 Å². The molecule has 8 fully saturated rings.